The van der Waals surface area contributed by atoms with Gasteiger partial charge in [0.2, 0.25) is 5.91 Å². The fourth-order valence-electron chi connectivity index (χ4n) is 2.00. The highest BCUT2D eigenvalue weighted by molar-refractivity contribution is 7.10. The van der Waals surface area contributed by atoms with Crippen LogP contribution in [-0.4, -0.2) is 17.4 Å². The summed E-state index contributed by atoms with van der Waals surface area (Å²) in [5.74, 6) is 0.185. The normalized spacial score (nSPS) is 10.6. The molecule has 6 nitrogen and oxygen atoms in total. The van der Waals surface area contributed by atoms with Crippen LogP contribution in [-0.2, 0) is 11.2 Å². The summed E-state index contributed by atoms with van der Waals surface area (Å²) in [6.45, 7) is 4.70. The van der Waals surface area contributed by atoms with Gasteiger partial charge in [0.25, 0.3) is 5.69 Å². The number of rotatable bonds is 7. The van der Waals surface area contributed by atoms with E-state index < -0.39 is 4.92 Å². The largest absolute Gasteiger partial charge is 0.379 e. The molecule has 1 aromatic heterocycles. The molecule has 0 saturated heterocycles. The molecule has 2 N–H and O–H groups in total. The Balaban J connectivity index is 2.09. The van der Waals surface area contributed by atoms with Crippen molar-refractivity contribution in [1.29, 1.82) is 0 Å². The fourth-order valence-corrected chi connectivity index (χ4v) is 2.70. The van der Waals surface area contributed by atoms with Crippen LogP contribution in [0.2, 0.25) is 0 Å². The molecule has 0 spiro atoms. The smallest absolute Gasteiger partial charge is 0.294 e. The lowest BCUT2D eigenvalue weighted by Gasteiger charge is -2.11. The van der Waals surface area contributed by atoms with Crippen molar-refractivity contribution in [3.63, 3.8) is 0 Å². The number of nitro benzene ring substituents is 1. The van der Waals surface area contributed by atoms with Crippen molar-refractivity contribution in [3.8, 4) is 0 Å². The van der Waals surface area contributed by atoms with E-state index in [9.17, 15) is 14.9 Å². The third kappa shape index (κ3) is 5.07. The van der Waals surface area contributed by atoms with Crippen molar-refractivity contribution in [1.82, 2.24) is 0 Å². The molecular weight excluding hydrogens is 314 g/mol. The molecule has 0 bridgehead atoms. The number of anilines is 2. The number of thiophene rings is 1. The zero-order chi connectivity index (χ0) is 16.8. The molecule has 1 heterocycles. The maximum atomic E-state index is 12.0. The molecule has 7 heteroatoms. The summed E-state index contributed by atoms with van der Waals surface area (Å²) in [7, 11) is 0. The molecule has 0 aliphatic carbocycles. The number of nitrogens with one attached hydrogen (secondary N) is 2. The van der Waals surface area contributed by atoms with E-state index in [-0.39, 0.29) is 18.0 Å². The maximum absolute atomic E-state index is 12.0. The SMILES string of the molecule is CC(C)CNc1ccc(NC(=O)Cc2cccs2)cc1[N+](=O)[O-]. The first kappa shape index (κ1) is 17.0. The molecule has 0 atom stereocenters. The lowest BCUT2D eigenvalue weighted by atomic mass is 10.2. The van der Waals surface area contributed by atoms with Crippen LogP contribution in [0.25, 0.3) is 0 Å². The topological polar surface area (TPSA) is 84.3 Å². The summed E-state index contributed by atoms with van der Waals surface area (Å²) in [6.07, 6.45) is 0.263. The fraction of sp³-hybridized carbons (Fsp3) is 0.312. The lowest BCUT2D eigenvalue weighted by Crippen LogP contribution is -2.14. The van der Waals surface area contributed by atoms with Gasteiger partial charge in [-0.3, -0.25) is 14.9 Å². The van der Waals surface area contributed by atoms with Gasteiger partial charge in [-0.1, -0.05) is 19.9 Å². The Kier molecular flexibility index (Phi) is 5.70. The Labute approximate surface area is 138 Å². The first-order valence-electron chi connectivity index (χ1n) is 7.30. The second-order valence-corrected chi connectivity index (χ2v) is 6.60. The maximum Gasteiger partial charge on any atom is 0.294 e. The number of carbonyl (C=O) groups is 1. The van der Waals surface area contributed by atoms with Crippen molar-refractivity contribution in [2.24, 2.45) is 5.92 Å². The van der Waals surface area contributed by atoms with Crippen LogP contribution in [0.5, 0.6) is 0 Å². The van der Waals surface area contributed by atoms with Crippen LogP contribution >= 0.6 is 11.3 Å². The van der Waals surface area contributed by atoms with Gasteiger partial charge < -0.3 is 10.6 Å². The summed E-state index contributed by atoms with van der Waals surface area (Å²) in [5.41, 5.74) is 0.841. The average molecular weight is 333 g/mol. The van der Waals surface area contributed by atoms with Crippen LogP contribution in [0.1, 0.15) is 18.7 Å². The van der Waals surface area contributed by atoms with E-state index in [2.05, 4.69) is 10.6 Å². The predicted octanol–water partition coefficient (Wildman–Crippen LogP) is 3.91. The van der Waals surface area contributed by atoms with Gasteiger partial charge in [-0.25, -0.2) is 0 Å². The quantitative estimate of drug-likeness (QED) is 0.594. The minimum atomic E-state index is -0.447. The number of amides is 1. The van der Waals surface area contributed by atoms with E-state index in [1.807, 2.05) is 31.4 Å². The van der Waals surface area contributed by atoms with E-state index in [4.69, 9.17) is 0 Å². The Morgan fingerprint density at radius 1 is 1.35 bits per heavy atom. The molecular formula is C16H19N3O3S. The van der Waals surface area contributed by atoms with Gasteiger partial charge >= 0.3 is 0 Å². The summed E-state index contributed by atoms with van der Waals surface area (Å²) < 4.78 is 0. The predicted molar refractivity (Wildman–Crippen MR) is 93.1 cm³/mol. The zero-order valence-corrected chi connectivity index (χ0v) is 13.9. The van der Waals surface area contributed by atoms with Crippen LogP contribution in [0.15, 0.2) is 35.7 Å². The zero-order valence-electron chi connectivity index (χ0n) is 13.0. The molecule has 1 aromatic carbocycles. The number of carbonyl (C=O) groups excluding carboxylic acids is 1. The number of hydrogen-bond donors (Lipinski definition) is 2. The molecule has 0 aliphatic heterocycles. The third-order valence-electron chi connectivity index (χ3n) is 3.09. The van der Waals surface area contributed by atoms with Crippen LogP contribution < -0.4 is 10.6 Å². The lowest BCUT2D eigenvalue weighted by molar-refractivity contribution is -0.383. The molecule has 122 valence electrons. The summed E-state index contributed by atoms with van der Waals surface area (Å²) in [4.78, 5) is 23.7. The van der Waals surface area contributed by atoms with Gasteiger partial charge in [-0.15, -0.1) is 11.3 Å². The van der Waals surface area contributed by atoms with Crippen molar-refractivity contribution >= 4 is 34.3 Å². The molecule has 0 saturated carbocycles. The van der Waals surface area contributed by atoms with Gasteiger partial charge in [0.1, 0.15) is 5.69 Å². The highest BCUT2D eigenvalue weighted by Gasteiger charge is 2.16. The first-order chi connectivity index (χ1) is 11.0. The molecule has 23 heavy (non-hydrogen) atoms. The Morgan fingerprint density at radius 3 is 2.74 bits per heavy atom. The standard InChI is InChI=1S/C16H19N3O3S/c1-11(2)10-17-14-6-5-12(8-15(14)19(21)22)18-16(20)9-13-4-3-7-23-13/h3-8,11,17H,9-10H2,1-2H3,(H,18,20). The second-order valence-electron chi connectivity index (χ2n) is 5.57. The number of nitrogens with zero attached hydrogens (tertiary/aromatic N) is 1. The Bertz CT molecular complexity index is 684. The third-order valence-corrected chi connectivity index (χ3v) is 3.97. The monoisotopic (exact) mass is 333 g/mol. The number of benzene rings is 1. The molecule has 0 fully saturated rings. The van der Waals surface area contributed by atoms with E-state index in [0.29, 0.717) is 23.8 Å². The number of nitro groups is 1. The molecule has 0 radical (unpaired) electrons. The van der Waals surface area contributed by atoms with Crippen LogP contribution in [0.4, 0.5) is 17.1 Å². The molecule has 1 amide bonds. The molecule has 0 unspecified atom stereocenters. The van der Waals surface area contributed by atoms with Gasteiger partial charge in [0.05, 0.1) is 11.3 Å². The van der Waals surface area contributed by atoms with Crippen LogP contribution in [0.3, 0.4) is 0 Å². The second kappa shape index (κ2) is 7.73. The Morgan fingerprint density at radius 2 is 2.13 bits per heavy atom. The van der Waals surface area contributed by atoms with Gasteiger partial charge in [0.15, 0.2) is 0 Å². The number of hydrogen-bond acceptors (Lipinski definition) is 5. The van der Waals surface area contributed by atoms with Gasteiger partial charge in [-0.05, 0) is 29.5 Å². The summed E-state index contributed by atoms with van der Waals surface area (Å²) in [6, 6.07) is 8.44. The van der Waals surface area contributed by atoms with E-state index >= 15 is 0 Å². The van der Waals surface area contributed by atoms with Crippen molar-refractivity contribution in [2.45, 2.75) is 20.3 Å². The summed E-state index contributed by atoms with van der Waals surface area (Å²) >= 11 is 1.50. The van der Waals surface area contributed by atoms with E-state index in [1.54, 1.807) is 12.1 Å². The highest BCUT2D eigenvalue weighted by atomic mass is 32.1. The molecule has 2 aromatic rings. The minimum absolute atomic E-state index is 0.0421. The van der Waals surface area contributed by atoms with Crippen molar-refractivity contribution in [3.05, 3.63) is 50.7 Å². The van der Waals surface area contributed by atoms with Crippen LogP contribution in [0, 0.1) is 16.0 Å². The highest BCUT2D eigenvalue weighted by Crippen LogP contribution is 2.28. The van der Waals surface area contributed by atoms with Gasteiger partial charge in [-0.2, -0.15) is 0 Å². The van der Waals surface area contributed by atoms with Gasteiger partial charge in [0, 0.05) is 23.2 Å². The average Bonchev–Trinajstić information content (AvgIpc) is 2.98. The molecule has 0 aliphatic rings. The first-order valence-corrected chi connectivity index (χ1v) is 8.18. The van der Waals surface area contributed by atoms with Crippen molar-refractivity contribution < 1.29 is 9.72 Å². The Hall–Kier alpha value is -2.41. The van der Waals surface area contributed by atoms with E-state index in [1.165, 1.54) is 17.4 Å². The minimum Gasteiger partial charge on any atom is -0.379 e. The molecule has 2 rings (SSSR count). The summed E-state index contributed by atoms with van der Waals surface area (Å²) in [5, 5.41) is 18.9. The van der Waals surface area contributed by atoms with E-state index in [0.717, 1.165) is 4.88 Å². The van der Waals surface area contributed by atoms with Crippen molar-refractivity contribution in [2.75, 3.05) is 17.2 Å².